The second kappa shape index (κ2) is 8.85. The maximum absolute atomic E-state index is 6.24. The van der Waals surface area contributed by atoms with Crippen molar-refractivity contribution in [1.82, 2.24) is 9.97 Å². The molecule has 33 heavy (non-hydrogen) atoms. The van der Waals surface area contributed by atoms with Gasteiger partial charge in [-0.25, -0.2) is 15.0 Å². The molecule has 0 saturated carbocycles. The van der Waals surface area contributed by atoms with Crippen LogP contribution < -0.4 is 5.73 Å². The predicted molar refractivity (Wildman–Crippen MR) is 137 cm³/mol. The Hall–Kier alpha value is -4.02. The lowest BCUT2D eigenvalue weighted by Crippen LogP contribution is -2.10. The molecule has 4 aromatic carbocycles. The first kappa shape index (κ1) is 20.9. The molecule has 0 aliphatic carbocycles. The largest absolute Gasteiger partial charge is 0.397 e. The van der Waals surface area contributed by atoms with E-state index in [9.17, 15) is 0 Å². The number of nitrogens with zero attached hydrogens (tertiary/aromatic N) is 3. The molecule has 5 heteroatoms. The van der Waals surface area contributed by atoms with Gasteiger partial charge in [-0.3, -0.25) is 0 Å². The highest BCUT2D eigenvalue weighted by Gasteiger charge is 2.19. The summed E-state index contributed by atoms with van der Waals surface area (Å²) in [6, 6.07) is 31.3. The Bertz CT molecular complexity index is 1470. The van der Waals surface area contributed by atoms with Crippen LogP contribution in [-0.2, 0) is 0 Å². The molecule has 5 aromatic rings. The summed E-state index contributed by atoms with van der Waals surface area (Å²) < 4.78 is 0. The topological polar surface area (TPSA) is 64.2 Å². The van der Waals surface area contributed by atoms with Gasteiger partial charge in [0.05, 0.1) is 33.8 Å². The van der Waals surface area contributed by atoms with E-state index in [1.807, 2.05) is 72.8 Å². The van der Waals surface area contributed by atoms with E-state index in [1.165, 1.54) is 5.56 Å². The van der Waals surface area contributed by atoms with Gasteiger partial charge in [0, 0.05) is 16.1 Å². The number of anilines is 1. The SMILES string of the molecule is Cc1ccc(-c2nc3ccccc3nc2C(=Nc2ccccc2N)c2ccc(Cl)cc2)cc1. The van der Waals surface area contributed by atoms with Gasteiger partial charge in [0.15, 0.2) is 0 Å². The summed E-state index contributed by atoms with van der Waals surface area (Å²) in [6.07, 6.45) is 0. The number of hydrogen-bond donors (Lipinski definition) is 1. The maximum atomic E-state index is 6.24. The van der Waals surface area contributed by atoms with Crippen molar-refractivity contribution in [1.29, 1.82) is 0 Å². The van der Waals surface area contributed by atoms with Crippen molar-refractivity contribution in [2.45, 2.75) is 6.92 Å². The summed E-state index contributed by atoms with van der Waals surface area (Å²) in [5.41, 5.74) is 14.3. The minimum absolute atomic E-state index is 0.592. The van der Waals surface area contributed by atoms with Crippen molar-refractivity contribution in [3.05, 3.63) is 119 Å². The minimum atomic E-state index is 0.592. The van der Waals surface area contributed by atoms with Crippen LogP contribution in [0.4, 0.5) is 11.4 Å². The Balaban J connectivity index is 1.83. The molecule has 0 atom stereocenters. The van der Waals surface area contributed by atoms with Crippen LogP contribution in [-0.4, -0.2) is 15.7 Å². The van der Waals surface area contributed by atoms with Crippen LogP contribution in [0.2, 0.25) is 5.02 Å². The van der Waals surface area contributed by atoms with E-state index in [-0.39, 0.29) is 0 Å². The van der Waals surface area contributed by atoms with E-state index < -0.39 is 0 Å². The number of para-hydroxylation sites is 4. The standard InChI is InChI=1S/C28H21ClN4/c1-18-10-12-19(13-11-18)27-28(33-25-9-5-4-8-24(25)32-27)26(20-14-16-21(29)17-15-20)31-23-7-3-2-6-22(23)30/h2-17H,30H2,1H3. The molecule has 4 nitrogen and oxygen atoms in total. The van der Waals surface area contributed by atoms with E-state index in [2.05, 4.69) is 31.2 Å². The van der Waals surface area contributed by atoms with Crippen LogP contribution in [0.1, 0.15) is 16.8 Å². The third-order valence-corrected chi connectivity index (χ3v) is 5.66. The highest BCUT2D eigenvalue weighted by molar-refractivity contribution is 6.30. The van der Waals surface area contributed by atoms with Crippen molar-refractivity contribution < 1.29 is 0 Å². The number of rotatable bonds is 4. The average molecular weight is 449 g/mol. The first-order chi connectivity index (χ1) is 16.1. The number of benzene rings is 4. The summed E-state index contributed by atoms with van der Waals surface area (Å²) in [5.74, 6) is 0. The van der Waals surface area contributed by atoms with Crippen LogP contribution >= 0.6 is 11.6 Å². The van der Waals surface area contributed by atoms with Gasteiger partial charge in [0.1, 0.15) is 5.69 Å². The molecule has 0 fully saturated rings. The first-order valence-corrected chi connectivity index (χ1v) is 11.0. The van der Waals surface area contributed by atoms with Crippen LogP contribution in [0.25, 0.3) is 22.3 Å². The lowest BCUT2D eigenvalue weighted by atomic mass is 10.00. The van der Waals surface area contributed by atoms with Crippen LogP contribution in [0, 0.1) is 6.92 Å². The van der Waals surface area contributed by atoms with Crippen molar-refractivity contribution in [2.75, 3.05) is 5.73 Å². The average Bonchev–Trinajstić information content (AvgIpc) is 2.84. The molecule has 2 N–H and O–H groups in total. The maximum Gasteiger partial charge on any atom is 0.116 e. The third kappa shape index (κ3) is 4.34. The summed E-state index contributed by atoms with van der Waals surface area (Å²) >= 11 is 6.18. The summed E-state index contributed by atoms with van der Waals surface area (Å²) in [5, 5.41) is 0.653. The van der Waals surface area contributed by atoms with Gasteiger partial charge in [-0.2, -0.15) is 0 Å². The number of aryl methyl sites for hydroxylation is 1. The third-order valence-electron chi connectivity index (χ3n) is 5.41. The Morgan fingerprint density at radius 3 is 2.09 bits per heavy atom. The molecule has 1 aromatic heterocycles. The molecule has 160 valence electrons. The van der Waals surface area contributed by atoms with Crippen molar-refractivity contribution in [3.8, 4) is 11.3 Å². The monoisotopic (exact) mass is 448 g/mol. The van der Waals surface area contributed by atoms with Crippen molar-refractivity contribution in [2.24, 2.45) is 4.99 Å². The number of nitrogens with two attached hydrogens (primary N) is 1. The molecule has 0 unspecified atom stereocenters. The molecule has 0 saturated heterocycles. The van der Waals surface area contributed by atoms with E-state index >= 15 is 0 Å². The highest BCUT2D eigenvalue weighted by Crippen LogP contribution is 2.29. The van der Waals surface area contributed by atoms with Gasteiger partial charge in [0.25, 0.3) is 0 Å². The van der Waals surface area contributed by atoms with E-state index in [1.54, 1.807) is 0 Å². The fourth-order valence-corrected chi connectivity index (χ4v) is 3.78. The lowest BCUT2D eigenvalue weighted by Gasteiger charge is -2.14. The van der Waals surface area contributed by atoms with E-state index in [4.69, 9.17) is 32.3 Å². The van der Waals surface area contributed by atoms with Gasteiger partial charge >= 0.3 is 0 Å². The molecule has 0 aliphatic rings. The Kier molecular flexibility index (Phi) is 5.59. The molecule has 0 aliphatic heterocycles. The molecule has 5 rings (SSSR count). The zero-order valence-corrected chi connectivity index (χ0v) is 18.8. The van der Waals surface area contributed by atoms with Crippen LogP contribution in [0.15, 0.2) is 102 Å². The Morgan fingerprint density at radius 2 is 1.39 bits per heavy atom. The van der Waals surface area contributed by atoms with Gasteiger partial charge in [0.2, 0.25) is 0 Å². The second-order valence-electron chi connectivity index (χ2n) is 7.80. The first-order valence-electron chi connectivity index (χ1n) is 10.6. The minimum Gasteiger partial charge on any atom is -0.397 e. The molecule has 0 amide bonds. The lowest BCUT2D eigenvalue weighted by molar-refractivity contribution is 1.25. The van der Waals surface area contributed by atoms with E-state index in [0.29, 0.717) is 27.8 Å². The Labute approximate surface area is 197 Å². The van der Waals surface area contributed by atoms with E-state index in [0.717, 1.165) is 27.9 Å². The summed E-state index contributed by atoms with van der Waals surface area (Å²) in [7, 11) is 0. The zero-order chi connectivity index (χ0) is 22.8. The summed E-state index contributed by atoms with van der Waals surface area (Å²) in [4.78, 5) is 15.0. The van der Waals surface area contributed by atoms with Crippen molar-refractivity contribution in [3.63, 3.8) is 0 Å². The van der Waals surface area contributed by atoms with Gasteiger partial charge in [-0.05, 0) is 43.3 Å². The second-order valence-corrected chi connectivity index (χ2v) is 8.24. The smallest absolute Gasteiger partial charge is 0.116 e. The van der Waals surface area contributed by atoms with Crippen LogP contribution in [0.5, 0.6) is 0 Å². The quantitative estimate of drug-likeness (QED) is 0.237. The van der Waals surface area contributed by atoms with Crippen molar-refractivity contribution >= 4 is 39.7 Å². The molecular weight excluding hydrogens is 428 g/mol. The molecular formula is C28H21ClN4. The normalized spacial score (nSPS) is 11.6. The molecule has 0 radical (unpaired) electrons. The molecule has 0 bridgehead atoms. The fraction of sp³-hybridized carbons (Fsp3) is 0.0357. The van der Waals surface area contributed by atoms with Crippen LogP contribution in [0.3, 0.4) is 0 Å². The number of hydrogen-bond acceptors (Lipinski definition) is 4. The van der Waals surface area contributed by atoms with Gasteiger partial charge in [-0.15, -0.1) is 0 Å². The number of aromatic nitrogens is 2. The molecule has 0 spiro atoms. The van der Waals surface area contributed by atoms with Gasteiger partial charge < -0.3 is 5.73 Å². The number of fused-ring (bicyclic) bond motifs is 1. The number of aliphatic imine (C=N–C) groups is 1. The fourth-order valence-electron chi connectivity index (χ4n) is 3.65. The van der Waals surface area contributed by atoms with Gasteiger partial charge in [-0.1, -0.05) is 77.8 Å². The number of halogens is 1. The summed E-state index contributed by atoms with van der Waals surface area (Å²) in [6.45, 7) is 2.07. The Morgan fingerprint density at radius 1 is 0.758 bits per heavy atom. The molecule has 1 heterocycles. The number of nitrogen functional groups attached to an aromatic ring is 1. The zero-order valence-electron chi connectivity index (χ0n) is 18.0. The predicted octanol–water partition coefficient (Wildman–Crippen LogP) is 7.01. The highest BCUT2D eigenvalue weighted by atomic mass is 35.5.